The molecule has 6 nitrogen and oxygen atoms in total. The van der Waals surface area contributed by atoms with Gasteiger partial charge in [-0.2, -0.15) is 5.10 Å². The SMILES string of the molecule is COC(C)CNC(=O)c1sc2nnccc2c1N. The zero-order valence-electron chi connectivity index (χ0n) is 10.1. The van der Waals surface area contributed by atoms with Gasteiger partial charge in [-0.15, -0.1) is 16.4 Å². The van der Waals surface area contributed by atoms with Crippen molar-refractivity contribution in [3.05, 3.63) is 17.1 Å². The summed E-state index contributed by atoms with van der Waals surface area (Å²) in [6.45, 7) is 2.31. The number of ether oxygens (including phenoxy) is 1. The van der Waals surface area contributed by atoms with Crippen LogP contribution in [-0.2, 0) is 4.74 Å². The standard InChI is InChI=1S/C11H14N4O2S/c1-6(17-2)5-13-10(16)9-8(12)7-3-4-14-15-11(7)18-9/h3-4,6H,5,12H2,1-2H3,(H,13,16). The van der Waals surface area contributed by atoms with E-state index in [1.807, 2.05) is 6.92 Å². The smallest absolute Gasteiger partial charge is 0.263 e. The van der Waals surface area contributed by atoms with Gasteiger partial charge in [-0.1, -0.05) is 0 Å². The molecule has 0 bridgehead atoms. The molecule has 7 heteroatoms. The van der Waals surface area contributed by atoms with Crippen LogP contribution in [0.5, 0.6) is 0 Å². The summed E-state index contributed by atoms with van der Waals surface area (Å²) in [4.78, 5) is 13.1. The maximum absolute atomic E-state index is 12.0. The maximum atomic E-state index is 12.0. The summed E-state index contributed by atoms with van der Waals surface area (Å²) >= 11 is 1.24. The van der Waals surface area contributed by atoms with Crippen LogP contribution in [0.1, 0.15) is 16.6 Å². The molecular weight excluding hydrogens is 252 g/mol. The van der Waals surface area contributed by atoms with Crippen molar-refractivity contribution in [3.63, 3.8) is 0 Å². The molecule has 0 aliphatic heterocycles. The molecule has 0 saturated carbocycles. The Morgan fingerprint density at radius 1 is 1.67 bits per heavy atom. The lowest BCUT2D eigenvalue weighted by atomic mass is 10.3. The lowest BCUT2D eigenvalue weighted by Gasteiger charge is -2.10. The lowest BCUT2D eigenvalue weighted by Crippen LogP contribution is -2.31. The highest BCUT2D eigenvalue weighted by Crippen LogP contribution is 2.31. The third-order valence-corrected chi connectivity index (χ3v) is 3.68. The second-order valence-corrected chi connectivity index (χ2v) is 4.85. The van der Waals surface area contributed by atoms with E-state index in [1.165, 1.54) is 11.3 Å². The Morgan fingerprint density at radius 2 is 2.44 bits per heavy atom. The van der Waals surface area contributed by atoms with Gasteiger partial charge in [0.05, 0.1) is 18.0 Å². The van der Waals surface area contributed by atoms with Crippen LogP contribution in [0.3, 0.4) is 0 Å². The normalized spacial score (nSPS) is 12.6. The van der Waals surface area contributed by atoms with Crippen molar-refractivity contribution < 1.29 is 9.53 Å². The van der Waals surface area contributed by atoms with Crippen molar-refractivity contribution in [2.24, 2.45) is 0 Å². The van der Waals surface area contributed by atoms with Crippen LogP contribution in [0.2, 0.25) is 0 Å². The number of hydrogen-bond donors (Lipinski definition) is 2. The van der Waals surface area contributed by atoms with E-state index in [1.54, 1.807) is 19.4 Å². The number of amides is 1. The molecule has 0 radical (unpaired) electrons. The lowest BCUT2D eigenvalue weighted by molar-refractivity contribution is 0.0874. The number of thiophene rings is 1. The largest absolute Gasteiger partial charge is 0.397 e. The Balaban J connectivity index is 2.20. The number of carbonyl (C=O) groups is 1. The van der Waals surface area contributed by atoms with Gasteiger partial charge in [0.25, 0.3) is 5.91 Å². The van der Waals surface area contributed by atoms with Crippen molar-refractivity contribution in [1.82, 2.24) is 15.5 Å². The average molecular weight is 266 g/mol. The molecule has 2 aromatic rings. The number of fused-ring (bicyclic) bond motifs is 1. The molecule has 1 atom stereocenters. The molecule has 18 heavy (non-hydrogen) atoms. The summed E-state index contributed by atoms with van der Waals surface area (Å²) in [5.74, 6) is -0.209. The number of aromatic nitrogens is 2. The molecule has 0 fully saturated rings. The van der Waals surface area contributed by atoms with Gasteiger partial charge >= 0.3 is 0 Å². The summed E-state index contributed by atoms with van der Waals surface area (Å²) in [6.07, 6.45) is 1.52. The van der Waals surface area contributed by atoms with E-state index < -0.39 is 0 Å². The van der Waals surface area contributed by atoms with Crippen molar-refractivity contribution in [1.29, 1.82) is 0 Å². The predicted molar refractivity (Wildman–Crippen MR) is 70.6 cm³/mol. The molecule has 0 aromatic carbocycles. The minimum atomic E-state index is -0.209. The van der Waals surface area contributed by atoms with Crippen LogP contribution < -0.4 is 11.1 Å². The minimum Gasteiger partial charge on any atom is -0.397 e. The van der Waals surface area contributed by atoms with Crippen molar-refractivity contribution in [3.8, 4) is 0 Å². The van der Waals surface area contributed by atoms with E-state index >= 15 is 0 Å². The fourth-order valence-corrected chi connectivity index (χ4v) is 2.40. The minimum absolute atomic E-state index is 0.0376. The molecule has 96 valence electrons. The van der Waals surface area contributed by atoms with Crippen molar-refractivity contribution in [2.45, 2.75) is 13.0 Å². The van der Waals surface area contributed by atoms with E-state index in [0.717, 1.165) is 5.39 Å². The third kappa shape index (κ3) is 2.41. The van der Waals surface area contributed by atoms with Crippen LogP contribution in [0.4, 0.5) is 5.69 Å². The number of carbonyl (C=O) groups excluding carboxylic acids is 1. The van der Waals surface area contributed by atoms with Gasteiger partial charge in [0, 0.05) is 19.0 Å². The molecule has 2 aromatic heterocycles. The number of hydrogen-bond acceptors (Lipinski definition) is 6. The summed E-state index contributed by atoms with van der Waals surface area (Å²) in [5.41, 5.74) is 6.38. The zero-order chi connectivity index (χ0) is 13.1. The predicted octanol–water partition coefficient (Wildman–Crippen LogP) is 1.04. The van der Waals surface area contributed by atoms with Crippen LogP contribution in [0, 0.1) is 0 Å². The number of nitrogens with zero attached hydrogens (tertiary/aromatic N) is 2. The van der Waals surface area contributed by atoms with Gasteiger partial charge in [-0.25, -0.2) is 0 Å². The topological polar surface area (TPSA) is 90.1 Å². The monoisotopic (exact) mass is 266 g/mol. The van der Waals surface area contributed by atoms with Gasteiger partial charge in [-0.05, 0) is 13.0 Å². The Morgan fingerprint density at radius 3 is 3.11 bits per heavy atom. The number of nitrogen functional groups attached to an aromatic ring is 1. The van der Waals surface area contributed by atoms with Crippen LogP contribution in [0.15, 0.2) is 12.3 Å². The highest BCUT2D eigenvalue weighted by molar-refractivity contribution is 7.21. The van der Waals surface area contributed by atoms with Gasteiger partial charge < -0.3 is 15.8 Å². The summed E-state index contributed by atoms with van der Waals surface area (Å²) in [5, 5.41) is 11.2. The van der Waals surface area contributed by atoms with Gasteiger partial charge in [0.15, 0.2) is 0 Å². The molecule has 1 amide bonds. The summed E-state index contributed by atoms with van der Waals surface area (Å²) < 4.78 is 5.06. The van der Waals surface area contributed by atoms with E-state index in [2.05, 4.69) is 15.5 Å². The number of rotatable bonds is 4. The van der Waals surface area contributed by atoms with E-state index in [9.17, 15) is 4.79 Å². The zero-order valence-corrected chi connectivity index (χ0v) is 11.0. The highest BCUT2D eigenvalue weighted by atomic mass is 32.1. The number of anilines is 1. The second kappa shape index (κ2) is 5.28. The van der Waals surface area contributed by atoms with Crippen LogP contribution >= 0.6 is 11.3 Å². The second-order valence-electron chi connectivity index (χ2n) is 3.85. The first-order chi connectivity index (χ1) is 8.63. The van der Waals surface area contributed by atoms with E-state index in [-0.39, 0.29) is 12.0 Å². The molecule has 1 unspecified atom stereocenters. The summed E-state index contributed by atoms with van der Waals surface area (Å²) in [6, 6.07) is 1.75. The first-order valence-corrected chi connectivity index (χ1v) is 6.25. The van der Waals surface area contributed by atoms with Gasteiger partial charge in [-0.3, -0.25) is 4.79 Å². The Hall–Kier alpha value is -1.73. The Bertz CT molecular complexity index is 569. The highest BCUT2D eigenvalue weighted by Gasteiger charge is 2.17. The average Bonchev–Trinajstić information content (AvgIpc) is 2.73. The fourth-order valence-electron chi connectivity index (χ4n) is 1.44. The Labute approximate surface area is 108 Å². The first-order valence-electron chi connectivity index (χ1n) is 5.44. The molecule has 0 saturated heterocycles. The van der Waals surface area contributed by atoms with Crippen molar-refractivity contribution >= 4 is 33.1 Å². The molecule has 3 N–H and O–H groups in total. The maximum Gasteiger partial charge on any atom is 0.263 e. The Kier molecular flexibility index (Phi) is 3.73. The van der Waals surface area contributed by atoms with E-state index in [0.29, 0.717) is 21.9 Å². The molecule has 2 heterocycles. The number of nitrogens with one attached hydrogen (secondary N) is 1. The quantitative estimate of drug-likeness (QED) is 0.863. The molecule has 0 aliphatic carbocycles. The molecule has 0 spiro atoms. The van der Waals surface area contributed by atoms with Crippen LogP contribution in [0.25, 0.3) is 10.2 Å². The van der Waals surface area contributed by atoms with Gasteiger partial charge in [0.1, 0.15) is 9.71 Å². The number of methoxy groups -OCH3 is 1. The molecule has 0 aliphatic rings. The van der Waals surface area contributed by atoms with E-state index in [4.69, 9.17) is 10.5 Å². The van der Waals surface area contributed by atoms with Gasteiger partial charge in [0.2, 0.25) is 0 Å². The first kappa shape index (κ1) is 12.7. The molecular formula is C11H14N4O2S. The fraction of sp³-hybridized carbons (Fsp3) is 0.364. The third-order valence-electron chi connectivity index (χ3n) is 2.58. The summed E-state index contributed by atoms with van der Waals surface area (Å²) in [7, 11) is 1.60. The number of nitrogens with two attached hydrogens (primary N) is 1. The van der Waals surface area contributed by atoms with Crippen LogP contribution in [-0.4, -0.2) is 35.9 Å². The van der Waals surface area contributed by atoms with Crippen molar-refractivity contribution in [2.75, 3.05) is 19.4 Å². The molecule has 2 rings (SSSR count).